The number of carbonyl (C=O) groups excluding carboxylic acids is 1. The number of hydrogen-bond acceptors (Lipinski definition) is 5. The van der Waals surface area contributed by atoms with Gasteiger partial charge in [0.2, 0.25) is 0 Å². The van der Waals surface area contributed by atoms with E-state index >= 15 is 0 Å². The number of rotatable bonds is 2. The van der Waals surface area contributed by atoms with Crippen LogP contribution in [-0.4, -0.2) is 50.1 Å². The van der Waals surface area contributed by atoms with Gasteiger partial charge in [0, 0.05) is 30.9 Å². The standard InChI is InChI=1S/C19H26N4O4/c1-11-16(21-15-9-13(17(24)25)14(20)10-23(11)15)12-5-7-22(8-6-12)18(26)27-19(2,3)4/h9-10,12H,5-8,20H2,1-4H3,(H,24,25). The van der Waals surface area contributed by atoms with E-state index in [9.17, 15) is 14.7 Å². The molecule has 1 fully saturated rings. The fraction of sp³-hybridized carbons (Fsp3) is 0.526. The number of anilines is 1. The van der Waals surface area contributed by atoms with E-state index in [-0.39, 0.29) is 23.3 Å². The Labute approximate surface area is 157 Å². The van der Waals surface area contributed by atoms with Gasteiger partial charge < -0.3 is 24.9 Å². The van der Waals surface area contributed by atoms with Crippen LogP contribution < -0.4 is 5.73 Å². The third-order valence-corrected chi connectivity index (χ3v) is 4.83. The Bertz CT molecular complexity index is 889. The van der Waals surface area contributed by atoms with Crippen molar-refractivity contribution in [3.8, 4) is 0 Å². The summed E-state index contributed by atoms with van der Waals surface area (Å²) in [4.78, 5) is 29.9. The van der Waals surface area contributed by atoms with E-state index in [0.29, 0.717) is 18.7 Å². The first-order chi connectivity index (χ1) is 12.6. The number of aryl methyl sites for hydroxylation is 1. The molecular formula is C19H26N4O4. The lowest BCUT2D eigenvalue weighted by Crippen LogP contribution is -2.41. The second-order valence-corrected chi connectivity index (χ2v) is 8.00. The van der Waals surface area contributed by atoms with E-state index in [0.717, 1.165) is 24.2 Å². The molecular weight excluding hydrogens is 348 g/mol. The summed E-state index contributed by atoms with van der Waals surface area (Å²) in [6.07, 6.45) is 2.89. The quantitative estimate of drug-likeness (QED) is 0.836. The largest absolute Gasteiger partial charge is 0.478 e. The Balaban J connectivity index is 1.78. The van der Waals surface area contributed by atoms with Crippen molar-refractivity contribution in [2.45, 2.75) is 52.1 Å². The number of ether oxygens (including phenoxy) is 1. The van der Waals surface area contributed by atoms with Crippen molar-refractivity contribution in [3.63, 3.8) is 0 Å². The average Bonchev–Trinajstić information content (AvgIpc) is 2.89. The van der Waals surface area contributed by atoms with Gasteiger partial charge in [0.05, 0.1) is 16.9 Å². The number of carboxylic acid groups (broad SMARTS) is 1. The summed E-state index contributed by atoms with van der Waals surface area (Å²) in [6, 6.07) is 1.50. The summed E-state index contributed by atoms with van der Waals surface area (Å²) in [5.41, 5.74) is 8.07. The van der Waals surface area contributed by atoms with Crippen molar-refractivity contribution < 1.29 is 19.4 Å². The number of carboxylic acids is 1. The highest BCUT2D eigenvalue weighted by Gasteiger charge is 2.29. The van der Waals surface area contributed by atoms with Crippen LogP contribution >= 0.6 is 0 Å². The third-order valence-electron chi connectivity index (χ3n) is 4.83. The molecule has 2 aromatic rings. The molecule has 0 aromatic carbocycles. The highest BCUT2D eigenvalue weighted by molar-refractivity contribution is 5.94. The highest BCUT2D eigenvalue weighted by Crippen LogP contribution is 2.31. The van der Waals surface area contributed by atoms with Crippen LogP contribution in [0.1, 0.15) is 61.3 Å². The summed E-state index contributed by atoms with van der Waals surface area (Å²) in [6.45, 7) is 8.73. The van der Waals surface area contributed by atoms with Gasteiger partial charge >= 0.3 is 12.1 Å². The van der Waals surface area contributed by atoms with Gasteiger partial charge in [-0.15, -0.1) is 0 Å². The molecule has 8 heteroatoms. The van der Waals surface area contributed by atoms with Gasteiger partial charge in [-0.05, 0) is 46.6 Å². The van der Waals surface area contributed by atoms with Crippen LogP contribution in [0.25, 0.3) is 5.65 Å². The molecule has 1 amide bonds. The van der Waals surface area contributed by atoms with Gasteiger partial charge in [-0.3, -0.25) is 0 Å². The van der Waals surface area contributed by atoms with Crippen molar-refractivity contribution >= 4 is 23.4 Å². The van der Waals surface area contributed by atoms with E-state index in [1.165, 1.54) is 6.07 Å². The van der Waals surface area contributed by atoms with Crippen LogP contribution in [0.3, 0.4) is 0 Å². The number of aromatic carboxylic acids is 1. The van der Waals surface area contributed by atoms with Gasteiger partial charge in [0.1, 0.15) is 11.2 Å². The second kappa shape index (κ2) is 6.75. The number of piperidine rings is 1. The molecule has 0 radical (unpaired) electrons. The minimum atomic E-state index is -1.07. The summed E-state index contributed by atoms with van der Waals surface area (Å²) in [5, 5.41) is 9.25. The molecule has 8 nitrogen and oxygen atoms in total. The number of amides is 1. The molecule has 2 aromatic heterocycles. The Hall–Kier alpha value is -2.77. The number of nitrogen functional groups attached to an aromatic ring is 1. The molecule has 3 heterocycles. The Morgan fingerprint density at radius 1 is 1.30 bits per heavy atom. The average molecular weight is 374 g/mol. The number of imidazole rings is 1. The first-order valence-corrected chi connectivity index (χ1v) is 9.06. The van der Waals surface area contributed by atoms with E-state index in [1.54, 1.807) is 11.1 Å². The Kier molecular flexibility index (Phi) is 4.75. The number of hydrogen-bond donors (Lipinski definition) is 2. The monoisotopic (exact) mass is 374 g/mol. The van der Waals surface area contributed by atoms with Crippen molar-refractivity contribution in [3.05, 3.63) is 29.2 Å². The normalized spacial score (nSPS) is 15.9. The molecule has 0 aliphatic carbocycles. The molecule has 0 spiro atoms. The number of likely N-dealkylation sites (tertiary alicyclic amines) is 1. The fourth-order valence-electron chi connectivity index (χ4n) is 3.47. The van der Waals surface area contributed by atoms with Crippen LogP contribution in [-0.2, 0) is 4.74 Å². The first kappa shape index (κ1) is 19.0. The number of nitrogens with zero attached hydrogens (tertiary/aromatic N) is 3. The first-order valence-electron chi connectivity index (χ1n) is 9.06. The van der Waals surface area contributed by atoms with E-state index < -0.39 is 11.6 Å². The zero-order chi connectivity index (χ0) is 19.9. The second-order valence-electron chi connectivity index (χ2n) is 8.00. The van der Waals surface area contributed by atoms with Crippen LogP contribution in [0.15, 0.2) is 12.3 Å². The van der Waals surface area contributed by atoms with Gasteiger partial charge in [-0.25, -0.2) is 14.6 Å². The molecule has 27 heavy (non-hydrogen) atoms. The molecule has 0 atom stereocenters. The summed E-state index contributed by atoms with van der Waals surface area (Å²) in [5.74, 6) is -0.860. The molecule has 0 bridgehead atoms. The van der Waals surface area contributed by atoms with Gasteiger partial charge in [-0.1, -0.05) is 0 Å². The van der Waals surface area contributed by atoms with Crippen LogP contribution in [0.5, 0.6) is 0 Å². The minimum absolute atomic E-state index is 0.0544. The molecule has 3 rings (SSSR count). The predicted octanol–water partition coefficient (Wildman–Crippen LogP) is 3.04. The SMILES string of the molecule is Cc1c(C2CCN(C(=O)OC(C)(C)C)CC2)nc2cc(C(=O)O)c(N)cn12. The maximum absolute atomic E-state index is 12.2. The molecule has 0 saturated carbocycles. The molecule has 146 valence electrons. The molecule has 0 unspecified atom stereocenters. The van der Waals surface area contributed by atoms with E-state index in [4.69, 9.17) is 10.5 Å². The van der Waals surface area contributed by atoms with Crippen molar-refractivity contribution in [2.75, 3.05) is 18.8 Å². The Morgan fingerprint density at radius 3 is 2.48 bits per heavy atom. The lowest BCUT2D eigenvalue weighted by atomic mass is 9.93. The number of aromatic nitrogens is 2. The van der Waals surface area contributed by atoms with Crippen molar-refractivity contribution in [1.82, 2.24) is 14.3 Å². The maximum Gasteiger partial charge on any atom is 0.410 e. The summed E-state index contributed by atoms with van der Waals surface area (Å²) in [7, 11) is 0. The molecule has 1 saturated heterocycles. The fourth-order valence-corrected chi connectivity index (χ4v) is 3.47. The number of pyridine rings is 1. The lowest BCUT2D eigenvalue weighted by molar-refractivity contribution is 0.0204. The molecule has 1 aliphatic rings. The third kappa shape index (κ3) is 3.84. The van der Waals surface area contributed by atoms with Gasteiger partial charge in [0.25, 0.3) is 0 Å². The van der Waals surface area contributed by atoms with Crippen molar-refractivity contribution in [1.29, 1.82) is 0 Å². The number of nitrogens with two attached hydrogens (primary N) is 1. The van der Waals surface area contributed by atoms with Crippen LogP contribution in [0.4, 0.5) is 10.5 Å². The predicted molar refractivity (Wildman–Crippen MR) is 101 cm³/mol. The summed E-state index contributed by atoms with van der Waals surface area (Å²) >= 11 is 0. The highest BCUT2D eigenvalue weighted by atomic mass is 16.6. The van der Waals surface area contributed by atoms with Crippen molar-refractivity contribution in [2.24, 2.45) is 0 Å². The Morgan fingerprint density at radius 2 is 1.93 bits per heavy atom. The van der Waals surface area contributed by atoms with Gasteiger partial charge in [0.15, 0.2) is 0 Å². The zero-order valence-electron chi connectivity index (χ0n) is 16.2. The van der Waals surface area contributed by atoms with Crippen LogP contribution in [0.2, 0.25) is 0 Å². The lowest BCUT2D eigenvalue weighted by Gasteiger charge is -2.33. The number of fused-ring (bicyclic) bond motifs is 1. The van der Waals surface area contributed by atoms with Crippen LogP contribution in [0, 0.1) is 6.92 Å². The maximum atomic E-state index is 12.2. The zero-order valence-corrected chi connectivity index (χ0v) is 16.2. The van der Waals surface area contributed by atoms with E-state index in [2.05, 4.69) is 4.98 Å². The minimum Gasteiger partial charge on any atom is -0.478 e. The number of carbonyl (C=O) groups is 2. The van der Waals surface area contributed by atoms with E-state index in [1.807, 2.05) is 32.1 Å². The van der Waals surface area contributed by atoms with Gasteiger partial charge in [-0.2, -0.15) is 0 Å². The topological polar surface area (TPSA) is 110 Å². The molecule has 1 aliphatic heterocycles. The molecule has 3 N–H and O–H groups in total. The smallest absolute Gasteiger partial charge is 0.410 e. The summed E-state index contributed by atoms with van der Waals surface area (Å²) < 4.78 is 7.27.